The molecule has 1 aliphatic carbocycles. The molecule has 2 N–H and O–H groups in total. The van der Waals surface area contributed by atoms with Crippen molar-refractivity contribution in [2.24, 2.45) is 5.92 Å². The molecule has 2 fully saturated rings. The summed E-state index contributed by atoms with van der Waals surface area (Å²) in [6.07, 6.45) is 3.47. The summed E-state index contributed by atoms with van der Waals surface area (Å²) in [4.78, 5) is 51.1. The highest BCUT2D eigenvalue weighted by molar-refractivity contribution is 7.14. The van der Waals surface area contributed by atoms with Gasteiger partial charge in [-0.2, -0.15) is 0 Å². The van der Waals surface area contributed by atoms with Crippen LogP contribution in [0.15, 0.2) is 12.1 Å². The van der Waals surface area contributed by atoms with Gasteiger partial charge in [-0.15, -0.1) is 11.3 Å². The van der Waals surface area contributed by atoms with Gasteiger partial charge in [0.25, 0.3) is 5.91 Å². The van der Waals surface area contributed by atoms with E-state index in [1.165, 1.54) is 18.3 Å². The van der Waals surface area contributed by atoms with E-state index < -0.39 is 11.6 Å². The molecule has 1 saturated heterocycles. The van der Waals surface area contributed by atoms with Gasteiger partial charge in [0.05, 0.1) is 18.0 Å². The number of Topliss-reactive ketones (excluding diaryl/α,β-unsaturated/α-hetero) is 1. The van der Waals surface area contributed by atoms with Gasteiger partial charge < -0.3 is 10.6 Å². The molecule has 4 amide bonds. The van der Waals surface area contributed by atoms with Crippen LogP contribution in [0.3, 0.4) is 0 Å². The molecule has 0 bridgehead atoms. The maximum absolute atomic E-state index is 12.9. The van der Waals surface area contributed by atoms with Crippen molar-refractivity contribution >= 4 is 35.0 Å². The Morgan fingerprint density at radius 2 is 2.12 bits per heavy atom. The largest absolute Gasteiger partial charge is 0.351 e. The number of urea groups is 1. The van der Waals surface area contributed by atoms with Crippen LogP contribution in [0.2, 0.25) is 0 Å². The van der Waals surface area contributed by atoms with Gasteiger partial charge in [0.15, 0.2) is 5.78 Å². The molecule has 1 aromatic rings. The molecule has 7 nitrogen and oxygen atoms in total. The van der Waals surface area contributed by atoms with Crippen LogP contribution in [-0.4, -0.2) is 40.6 Å². The smallest absolute Gasteiger partial charge is 0.325 e. The van der Waals surface area contributed by atoms with E-state index in [-0.39, 0.29) is 30.1 Å². The van der Waals surface area contributed by atoms with Crippen molar-refractivity contribution < 1.29 is 19.2 Å². The molecular weight excluding hydrogens is 354 g/mol. The lowest BCUT2D eigenvalue weighted by Gasteiger charge is -2.36. The first-order valence-corrected chi connectivity index (χ1v) is 9.65. The van der Waals surface area contributed by atoms with Gasteiger partial charge in [-0.1, -0.05) is 19.8 Å². The second kappa shape index (κ2) is 7.19. The first-order valence-electron chi connectivity index (χ1n) is 8.84. The summed E-state index contributed by atoms with van der Waals surface area (Å²) in [6, 6.07) is 2.96. The van der Waals surface area contributed by atoms with Crippen LogP contribution < -0.4 is 10.6 Å². The summed E-state index contributed by atoms with van der Waals surface area (Å²) >= 11 is 1.26. The highest BCUT2D eigenvalue weighted by atomic mass is 32.1. The summed E-state index contributed by atoms with van der Waals surface area (Å²) in [6.45, 7) is 3.52. The second-order valence-corrected chi connectivity index (χ2v) is 8.21. The number of ketones is 1. The van der Waals surface area contributed by atoms with Gasteiger partial charge in [-0.05, 0) is 30.9 Å². The third kappa shape index (κ3) is 3.38. The van der Waals surface area contributed by atoms with Crippen molar-refractivity contribution in [1.82, 2.24) is 15.5 Å². The maximum Gasteiger partial charge on any atom is 0.325 e. The maximum atomic E-state index is 12.9. The Morgan fingerprint density at radius 1 is 1.35 bits per heavy atom. The lowest BCUT2D eigenvalue weighted by molar-refractivity contribution is -0.133. The minimum absolute atomic E-state index is 0.0683. The van der Waals surface area contributed by atoms with Crippen molar-refractivity contribution in [2.45, 2.75) is 51.6 Å². The summed E-state index contributed by atoms with van der Waals surface area (Å²) < 4.78 is 0. The molecular formula is C18H23N3O4S. The minimum Gasteiger partial charge on any atom is -0.351 e. The Balaban J connectivity index is 1.68. The normalized spacial score (nSPS) is 25.5. The fourth-order valence-corrected chi connectivity index (χ4v) is 4.57. The van der Waals surface area contributed by atoms with Crippen LogP contribution in [0.5, 0.6) is 0 Å². The molecule has 2 atom stereocenters. The number of rotatable bonds is 5. The molecule has 1 saturated carbocycles. The Labute approximate surface area is 156 Å². The van der Waals surface area contributed by atoms with E-state index in [0.29, 0.717) is 17.8 Å². The molecule has 8 heteroatoms. The second-order valence-electron chi connectivity index (χ2n) is 7.04. The molecule has 26 heavy (non-hydrogen) atoms. The van der Waals surface area contributed by atoms with E-state index in [4.69, 9.17) is 0 Å². The molecule has 2 aliphatic rings. The van der Waals surface area contributed by atoms with Crippen molar-refractivity contribution in [3.8, 4) is 0 Å². The molecule has 1 aromatic heterocycles. The van der Waals surface area contributed by atoms with Crippen molar-refractivity contribution in [1.29, 1.82) is 0 Å². The zero-order chi connectivity index (χ0) is 18.9. The van der Waals surface area contributed by atoms with Crippen LogP contribution in [0.4, 0.5) is 4.79 Å². The van der Waals surface area contributed by atoms with E-state index in [2.05, 4.69) is 10.6 Å². The van der Waals surface area contributed by atoms with Gasteiger partial charge in [-0.3, -0.25) is 19.3 Å². The monoisotopic (exact) mass is 377 g/mol. The van der Waals surface area contributed by atoms with Crippen LogP contribution in [-0.2, 0) is 16.1 Å². The average Bonchev–Trinajstić information content (AvgIpc) is 3.15. The Bertz CT molecular complexity index is 759. The minimum atomic E-state index is -0.846. The number of nitrogens with one attached hydrogen (secondary N) is 2. The van der Waals surface area contributed by atoms with Gasteiger partial charge in [0.1, 0.15) is 5.54 Å². The SMILES string of the molecule is CC(=O)NCc1ccc(C(=O)CN2C(=O)N[C@@]3(CCCC[C@@H]3C)C2=O)s1. The quantitative estimate of drug-likeness (QED) is 0.606. The lowest BCUT2D eigenvalue weighted by atomic mass is 9.73. The van der Waals surface area contributed by atoms with E-state index >= 15 is 0 Å². The van der Waals surface area contributed by atoms with E-state index in [1.807, 2.05) is 6.92 Å². The summed E-state index contributed by atoms with van der Waals surface area (Å²) in [5.74, 6) is -0.623. The number of amides is 4. The van der Waals surface area contributed by atoms with Gasteiger partial charge in [-0.25, -0.2) is 4.79 Å². The highest BCUT2D eigenvalue weighted by Crippen LogP contribution is 2.38. The van der Waals surface area contributed by atoms with Crippen LogP contribution in [0, 0.1) is 5.92 Å². The van der Waals surface area contributed by atoms with Gasteiger partial charge in [0, 0.05) is 11.8 Å². The topological polar surface area (TPSA) is 95.6 Å². The predicted octanol–water partition coefficient (Wildman–Crippen LogP) is 2.07. The molecule has 140 valence electrons. The van der Waals surface area contributed by atoms with E-state index in [9.17, 15) is 19.2 Å². The van der Waals surface area contributed by atoms with Crippen LogP contribution >= 0.6 is 11.3 Å². The van der Waals surface area contributed by atoms with Crippen molar-refractivity contribution in [2.75, 3.05) is 6.54 Å². The summed E-state index contributed by atoms with van der Waals surface area (Å²) in [5.41, 5.74) is -0.846. The van der Waals surface area contributed by atoms with Crippen molar-refractivity contribution in [3.63, 3.8) is 0 Å². The van der Waals surface area contributed by atoms with Gasteiger partial charge >= 0.3 is 6.03 Å². The van der Waals surface area contributed by atoms with E-state index in [1.54, 1.807) is 12.1 Å². The molecule has 0 unspecified atom stereocenters. The number of imide groups is 1. The van der Waals surface area contributed by atoms with Crippen LogP contribution in [0.1, 0.15) is 54.1 Å². The zero-order valence-electron chi connectivity index (χ0n) is 15.0. The Morgan fingerprint density at radius 3 is 2.81 bits per heavy atom. The molecule has 0 radical (unpaired) electrons. The number of hydrogen-bond acceptors (Lipinski definition) is 5. The number of carbonyl (C=O) groups is 4. The first kappa shape index (κ1) is 18.6. The first-order chi connectivity index (χ1) is 12.3. The fraction of sp³-hybridized carbons (Fsp3) is 0.556. The zero-order valence-corrected chi connectivity index (χ0v) is 15.8. The average molecular weight is 377 g/mol. The Hall–Kier alpha value is -2.22. The molecule has 3 rings (SSSR count). The summed E-state index contributed by atoms with van der Waals surface area (Å²) in [7, 11) is 0. The number of hydrogen-bond donors (Lipinski definition) is 2. The fourth-order valence-electron chi connectivity index (χ4n) is 3.69. The van der Waals surface area contributed by atoms with E-state index in [0.717, 1.165) is 29.0 Å². The number of carbonyl (C=O) groups excluding carboxylic acids is 4. The predicted molar refractivity (Wildman–Crippen MR) is 96.8 cm³/mol. The molecule has 0 aromatic carbocycles. The third-order valence-corrected chi connectivity index (χ3v) is 6.38. The molecule has 1 spiro atoms. The Kier molecular flexibility index (Phi) is 5.13. The standard InChI is InChI=1S/C18H23N3O4S/c1-11-5-3-4-8-18(11)16(24)21(17(25)20-18)10-14(23)15-7-6-13(26-15)9-19-12(2)22/h6-7,11H,3-5,8-10H2,1-2H3,(H,19,22)(H,20,25)/t11-,18+/m0/s1. The highest BCUT2D eigenvalue weighted by Gasteiger charge is 2.55. The number of nitrogens with zero attached hydrogens (tertiary/aromatic N) is 1. The molecule has 1 aliphatic heterocycles. The third-order valence-electron chi connectivity index (χ3n) is 5.25. The van der Waals surface area contributed by atoms with Crippen LogP contribution in [0.25, 0.3) is 0 Å². The van der Waals surface area contributed by atoms with Crippen molar-refractivity contribution in [3.05, 3.63) is 21.9 Å². The summed E-state index contributed by atoms with van der Waals surface area (Å²) in [5, 5.41) is 5.53. The van der Waals surface area contributed by atoms with Gasteiger partial charge in [0.2, 0.25) is 5.91 Å². The number of thiophene rings is 1. The molecule has 2 heterocycles. The lowest BCUT2D eigenvalue weighted by Crippen LogP contribution is -2.54.